The van der Waals surface area contributed by atoms with E-state index in [0.717, 1.165) is 29.6 Å². The Morgan fingerprint density at radius 1 is 1.23 bits per heavy atom. The summed E-state index contributed by atoms with van der Waals surface area (Å²) >= 11 is 0. The highest BCUT2D eigenvalue weighted by atomic mass is 16.5. The van der Waals surface area contributed by atoms with Crippen molar-refractivity contribution in [3.63, 3.8) is 0 Å². The number of rotatable bonds is 6. The first kappa shape index (κ1) is 20.0. The lowest BCUT2D eigenvalue weighted by atomic mass is 9.93. The van der Waals surface area contributed by atoms with Crippen LogP contribution in [0.15, 0.2) is 30.6 Å². The summed E-state index contributed by atoms with van der Waals surface area (Å²) in [5.74, 6) is 0.599. The maximum Gasteiger partial charge on any atom is 0.223 e. The average molecular weight is 407 g/mol. The number of carbonyl (C=O) groups excluding carboxylic acids is 2. The Morgan fingerprint density at radius 3 is 2.90 bits per heavy atom. The van der Waals surface area contributed by atoms with Crippen molar-refractivity contribution in [1.82, 2.24) is 25.1 Å². The lowest BCUT2D eigenvalue weighted by Crippen LogP contribution is -2.39. The molecule has 3 aromatic rings. The molecule has 1 N–H and O–H groups in total. The number of aromatic amines is 1. The third kappa shape index (κ3) is 4.03. The van der Waals surface area contributed by atoms with Crippen LogP contribution in [-0.2, 0) is 4.79 Å². The van der Waals surface area contributed by atoms with E-state index in [1.165, 1.54) is 0 Å². The number of benzene rings is 1. The van der Waals surface area contributed by atoms with Gasteiger partial charge in [-0.1, -0.05) is 11.6 Å². The number of nitrogens with zero attached hydrogens (tertiary/aromatic N) is 4. The lowest BCUT2D eigenvalue weighted by Gasteiger charge is -2.32. The smallest absolute Gasteiger partial charge is 0.223 e. The first-order valence-electron chi connectivity index (χ1n) is 10.2. The zero-order valence-electron chi connectivity index (χ0n) is 17.2. The Kier molecular flexibility index (Phi) is 5.74. The molecule has 1 amide bonds. The Hall–Kier alpha value is -3.29. The maximum absolute atomic E-state index is 12.8. The van der Waals surface area contributed by atoms with Crippen molar-refractivity contribution in [2.45, 2.75) is 38.5 Å². The van der Waals surface area contributed by atoms with Crippen LogP contribution in [0.25, 0.3) is 11.2 Å². The molecule has 0 spiro atoms. The molecule has 2 aromatic heterocycles. The zero-order chi connectivity index (χ0) is 21.1. The van der Waals surface area contributed by atoms with Crippen LogP contribution in [0.1, 0.15) is 53.2 Å². The molecular weight excluding hydrogens is 382 g/mol. The van der Waals surface area contributed by atoms with Crippen molar-refractivity contribution >= 4 is 22.9 Å². The number of methoxy groups -OCH3 is 1. The second-order valence-electron chi connectivity index (χ2n) is 7.67. The number of aromatic nitrogens is 4. The summed E-state index contributed by atoms with van der Waals surface area (Å²) in [5, 5.41) is 7.27. The van der Waals surface area contributed by atoms with Gasteiger partial charge in [-0.05, 0) is 31.9 Å². The fourth-order valence-corrected chi connectivity index (χ4v) is 4.05. The van der Waals surface area contributed by atoms with Crippen molar-refractivity contribution < 1.29 is 14.3 Å². The van der Waals surface area contributed by atoms with E-state index in [4.69, 9.17) is 4.74 Å². The van der Waals surface area contributed by atoms with Crippen LogP contribution >= 0.6 is 0 Å². The monoisotopic (exact) mass is 407 g/mol. The number of H-pyrrole nitrogens is 1. The van der Waals surface area contributed by atoms with Crippen molar-refractivity contribution in [2.24, 2.45) is 0 Å². The highest BCUT2D eigenvalue weighted by Crippen LogP contribution is 2.29. The van der Waals surface area contributed by atoms with E-state index < -0.39 is 0 Å². The van der Waals surface area contributed by atoms with Crippen LogP contribution in [0.5, 0.6) is 5.75 Å². The minimum Gasteiger partial charge on any atom is -0.496 e. The molecule has 1 aliphatic heterocycles. The van der Waals surface area contributed by atoms with Gasteiger partial charge in [0.2, 0.25) is 5.91 Å². The highest BCUT2D eigenvalue weighted by molar-refractivity contribution is 6.00. The number of carbonyl (C=O) groups is 2. The quantitative estimate of drug-likeness (QED) is 0.630. The van der Waals surface area contributed by atoms with Crippen LogP contribution in [-0.4, -0.2) is 57.0 Å². The molecular formula is C22H25N5O3. The number of likely N-dealkylation sites (tertiary alicyclic amines) is 1. The molecule has 8 heteroatoms. The topological polar surface area (TPSA) is 101 Å². The van der Waals surface area contributed by atoms with Crippen LogP contribution in [0.4, 0.5) is 0 Å². The van der Waals surface area contributed by atoms with Gasteiger partial charge in [-0.3, -0.25) is 14.7 Å². The van der Waals surface area contributed by atoms with Gasteiger partial charge in [0.15, 0.2) is 11.4 Å². The molecule has 1 unspecified atom stereocenters. The van der Waals surface area contributed by atoms with Gasteiger partial charge in [0, 0.05) is 44.2 Å². The second kappa shape index (κ2) is 8.61. The number of piperidine rings is 1. The number of aryl methyl sites for hydroxylation is 1. The van der Waals surface area contributed by atoms with Gasteiger partial charge in [0.1, 0.15) is 11.3 Å². The zero-order valence-corrected chi connectivity index (χ0v) is 17.2. The van der Waals surface area contributed by atoms with Gasteiger partial charge >= 0.3 is 0 Å². The minimum atomic E-state index is -0.0766. The van der Waals surface area contributed by atoms with Gasteiger partial charge in [0.05, 0.1) is 18.4 Å². The van der Waals surface area contributed by atoms with Crippen molar-refractivity contribution in [2.75, 3.05) is 20.2 Å². The maximum atomic E-state index is 12.8. The van der Waals surface area contributed by atoms with E-state index >= 15 is 0 Å². The molecule has 1 atom stereocenters. The molecule has 0 saturated carbocycles. The molecule has 30 heavy (non-hydrogen) atoms. The van der Waals surface area contributed by atoms with Crippen LogP contribution in [0.2, 0.25) is 0 Å². The summed E-state index contributed by atoms with van der Waals surface area (Å²) in [4.78, 5) is 36.0. The number of ether oxygens (including phenoxy) is 1. The molecule has 1 saturated heterocycles. The third-order valence-electron chi connectivity index (χ3n) is 5.62. The molecule has 4 rings (SSSR count). The molecule has 1 aromatic carbocycles. The largest absolute Gasteiger partial charge is 0.496 e. The third-order valence-corrected chi connectivity index (χ3v) is 5.62. The normalized spacial score (nSPS) is 16.6. The summed E-state index contributed by atoms with van der Waals surface area (Å²) < 4.78 is 5.30. The van der Waals surface area contributed by atoms with Gasteiger partial charge in [-0.25, -0.2) is 9.97 Å². The first-order valence-corrected chi connectivity index (χ1v) is 10.2. The predicted molar refractivity (Wildman–Crippen MR) is 112 cm³/mol. The van der Waals surface area contributed by atoms with E-state index in [0.29, 0.717) is 30.0 Å². The van der Waals surface area contributed by atoms with Gasteiger partial charge < -0.3 is 9.64 Å². The molecule has 156 valence electrons. The summed E-state index contributed by atoms with van der Waals surface area (Å²) in [6.45, 7) is 3.22. The SMILES string of the molecule is COc1ccc(C)cc1C(=O)CCC(=O)N1CCCC(c2[nH]nc3nccnc23)C1. The fourth-order valence-electron chi connectivity index (χ4n) is 4.05. The van der Waals surface area contributed by atoms with Gasteiger partial charge in [-0.2, -0.15) is 5.10 Å². The molecule has 8 nitrogen and oxygen atoms in total. The van der Waals surface area contributed by atoms with E-state index in [1.54, 1.807) is 25.6 Å². The van der Waals surface area contributed by atoms with Gasteiger partial charge in [0.25, 0.3) is 0 Å². The molecule has 0 radical (unpaired) electrons. The summed E-state index contributed by atoms with van der Waals surface area (Å²) in [6, 6.07) is 5.50. The number of ketones is 1. The van der Waals surface area contributed by atoms with Crippen LogP contribution < -0.4 is 4.74 Å². The van der Waals surface area contributed by atoms with Crippen LogP contribution in [0, 0.1) is 6.92 Å². The number of amides is 1. The molecule has 1 aliphatic rings. The van der Waals surface area contributed by atoms with Gasteiger partial charge in [-0.15, -0.1) is 0 Å². The van der Waals surface area contributed by atoms with E-state index in [2.05, 4.69) is 20.2 Å². The Morgan fingerprint density at radius 2 is 2.07 bits per heavy atom. The number of hydrogen-bond acceptors (Lipinski definition) is 6. The lowest BCUT2D eigenvalue weighted by molar-refractivity contribution is -0.132. The highest BCUT2D eigenvalue weighted by Gasteiger charge is 2.28. The minimum absolute atomic E-state index is 0.00502. The molecule has 0 bridgehead atoms. The van der Waals surface area contributed by atoms with E-state index in [1.807, 2.05) is 24.0 Å². The predicted octanol–water partition coefficient (Wildman–Crippen LogP) is 3.04. The Labute approximate surface area is 174 Å². The fraction of sp³-hybridized carbons (Fsp3) is 0.409. The summed E-state index contributed by atoms with van der Waals surface area (Å²) in [6.07, 6.45) is 5.47. The standard InChI is InChI=1S/C22H25N5O3/c1-14-5-7-18(30-2)16(12-14)17(28)6-8-19(29)27-11-3-4-15(13-27)20-21-22(26-25-20)24-10-9-23-21/h5,7,9-10,12,15H,3-4,6,8,11,13H2,1-2H3,(H,24,25,26). The first-order chi connectivity index (χ1) is 14.6. The Bertz CT molecular complexity index is 1080. The van der Waals surface area contributed by atoms with Crippen molar-refractivity contribution in [3.8, 4) is 5.75 Å². The average Bonchev–Trinajstić information content (AvgIpc) is 3.21. The number of nitrogens with one attached hydrogen (secondary N) is 1. The van der Waals surface area contributed by atoms with E-state index in [-0.39, 0.29) is 30.4 Å². The molecule has 1 fully saturated rings. The molecule has 0 aliphatic carbocycles. The summed E-state index contributed by atoms with van der Waals surface area (Å²) in [7, 11) is 1.55. The number of fused-ring (bicyclic) bond motifs is 1. The van der Waals surface area contributed by atoms with E-state index in [9.17, 15) is 9.59 Å². The second-order valence-corrected chi connectivity index (χ2v) is 7.67. The van der Waals surface area contributed by atoms with Crippen molar-refractivity contribution in [3.05, 3.63) is 47.4 Å². The van der Waals surface area contributed by atoms with Crippen LogP contribution in [0.3, 0.4) is 0 Å². The number of Topliss-reactive ketones (excluding diaryl/α,β-unsaturated/α-hetero) is 1. The molecule has 3 heterocycles. The summed E-state index contributed by atoms with van der Waals surface area (Å²) in [5.41, 5.74) is 3.80. The van der Waals surface area contributed by atoms with Crippen molar-refractivity contribution in [1.29, 1.82) is 0 Å². The number of hydrogen-bond donors (Lipinski definition) is 1. The Balaban J connectivity index is 1.40.